The molecular formula is C21H34N2O4. The summed E-state index contributed by atoms with van der Waals surface area (Å²) < 4.78 is 11.3. The van der Waals surface area contributed by atoms with E-state index in [-0.39, 0.29) is 6.61 Å². The fraction of sp³-hybridized carbons (Fsp3) is 0.714. The largest absolute Gasteiger partial charge is 0.493 e. The van der Waals surface area contributed by atoms with E-state index in [1.807, 2.05) is 12.1 Å². The highest BCUT2D eigenvalue weighted by Gasteiger charge is 2.20. The van der Waals surface area contributed by atoms with Gasteiger partial charge in [0, 0.05) is 19.7 Å². The second-order valence-corrected chi connectivity index (χ2v) is 7.86. The second-order valence-electron chi connectivity index (χ2n) is 7.86. The summed E-state index contributed by atoms with van der Waals surface area (Å²) in [5.74, 6) is 1.85. The van der Waals surface area contributed by atoms with Crippen LogP contribution in [-0.2, 0) is 6.54 Å². The molecule has 2 heterocycles. The van der Waals surface area contributed by atoms with Crippen LogP contribution in [-0.4, -0.2) is 79.2 Å². The molecule has 3 rings (SSSR count). The van der Waals surface area contributed by atoms with Gasteiger partial charge >= 0.3 is 0 Å². The fourth-order valence-electron chi connectivity index (χ4n) is 4.02. The van der Waals surface area contributed by atoms with Crippen LogP contribution in [0, 0.1) is 5.92 Å². The Labute approximate surface area is 162 Å². The first-order chi connectivity index (χ1) is 13.2. The molecule has 2 aliphatic heterocycles. The summed E-state index contributed by atoms with van der Waals surface area (Å²) >= 11 is 0. The molecule has 0 aliphatic carbocycles. The summed E-state index contributed by atoms with van der Waals surface area (Å²) in [4.78, 5) is 4.70. The zero-order valence-corrected chi connectivity index (χ0v) is 16.5. The van der Waals surface area contributed by atoms with Crippen LogP contribution in [0.3, 0.4) is 0 Å². The first kappa shape index (κ1) is 20.4. The predicted octanol–water partition coefficient (Wildman–Crippen LogP) is 1.73. The lowest BCUT2D eigenvalue weighted by atomic mass is 9.97. The lowest BCUT2D eigenvalue weighted by molar-refractivity contribution is 0.0747. The first-order valence-electron chi connectivity index (χ1n) is 10.2. The average molecular weight is 379 g/mol. The van der Waals surface area contributed by atoms with Crippen molar-refractivity contribution < 1.29 is 19.7 Å². The van der Waals surface area contributed by atoms with Crippen molar-refractivity contribution in [3.63, 3.8) is 0 Å². The number of rotatable bonds is 9. The number of hydrogen-bond donors (Lipinski definition) is 2. The summed E-state index contributed by atoms with van der Waals surface area (Å²) in [6.45, 7) is 6.33. The average Bonchev–Trinajstić information content (AvgIpc) is 3.20. The van der Waals surface area contributed by atoms with Crippen LogP contribution >= 0.6 is 0 Å². The van der Waals surface area contributed by atoms with Crippen molar-refractivity contribution in [2.75, 3.05) is 53.0 Å². The standard InChI is InChI=1S/C21H34N2O4/c1-26-21-12-18(13-23-10-6-17(15-24)7-11-23)4-5-20(21)27-16-19(25)14-22-8-2-3-9-22/h4-5,12,17,19,24-25H,2-3,6-11,13-16H2,1H3. The zero-order valence-electron chi connectivity index (χ0n) is 16.5. The Morgan fingerprint density at radius 3 is 2.48 bits per heavy atom. The van der Waals surface area contributed by atoms with Crippen molar-refractivity contribution >= 4 is 0 Å². The minimum Gasteiger partial charge on any atom is -0.493 e. The molecule has 2 fully saturated rings. The van der Waals surface area contributed by atoms with Crippen molar-refractivity contribution in [3.8, 4) is 11.5 Å². The Morgan fingerprint density at radius 1 is 1.07 bits per heavy atom. The number of hydrogen-bond acceptors (Lipinski definition) is 6. The Balaban J connectivity index is 1.49. The molecule has 0 bridgehead atoms. The molecule has 0 radical (unpaired) electrons. The van der Waals surface area contributed by atoms with Gasteiger partial charge in [-0.3, -0.25) is 4.90 Å². The maximum Gasteiger partial charge on any atom is 0.161 e. The molecule has 0 aromatic heterocycles. The van der Waals surface area contributed by atoms with Gasteiger partial charge < -0.3 is 24.6 Å². The number of methoxy groups -OCH3 is 1. The van der Waals surface area contributed by atoms with E-state index in [4.69, 9.17) is 9.47 Å². The van der Waals surface area contributed by atoms with E-state index in [0.717, 1.165) is 45.6 Å². The number of benzene rings is 1. The molecule has 2 aliphatic rings. The number of nitrogens with zero attached hydrogens (tertiary/aromatic N) is 2. The zero-order chi connectivity index (χ0) is 19.1. The van der Waals surface area contributed by atoms with Crippen LogP contribution in [0.15, 0.2) is 18.2 Å². The molecule has 1 aromatic rings. The van der Waals surface area contributed by atoms with Crippen molar-refractivity contribution in [3.05, 3.63) is 23.8 Å². The van der Waals surface area contributed by atoms with Crippen LogP contribution in [0.4, 0.5) is 0 Å². The Morgan fingerprint density at radius 2 is 1.81 bits per heavy atom. The van der Waals surface area contributed by atoms with Gasteiger partial charge in [-0.2, -0.15) is 0 Å². The van der Waals surface area contributed by atoms with Crippen molar-refractivity contribution in [2.45, 2.75) is 38.3 Å². The van der Waals surface area contributed by atoms with E-state index in [1.165, 1.54) is 18.4 Å². The van der Waals surface area contributed by atoms with Gasteiger partial charge in [-0.05, 0) is 75.5 Å². The second kappa shape index (κ2) is 10.3. The maximum atomic E-state index is 10.2. The molecular weight excluding hydrogens is 344 g/mol. The summed E-state index contributed by atoms with van der Waals surface area (Å²) in [6.07, 6.45) is 4.08. The molecule has 6 heteroatoms. The molecule has 1 aromatic carbocycles. The van der Waals surface area contributed by atoms with E-state index >= 15 is 0 Å². The number of aliphatic hydroxyl groups excluding tert-OH is 2. The summed E-state index contributed by atoms with van der Waals surface area (Å²) in [7, 11) is 1.65. The fourth-order valence-corrected chi connectivity index (χ4v) is 4.02. The van der Waals surface area contributed by atoms with Crippen LogP contribution in [0.1, 0.15) is 31.2 Å². The topological polar surface area (TPSA) is 65.4 Å². The van der Waals surface area contributed by atoms with Crippen molar-refractivity contribution in [1.82, 2.24) is 9.80 Å². The lowest BCUT2D eigenvalue weighted by Crippen LogP contribution is -2.34. The number of aliphatic hydroxyl groups is 2. The Hall–Kier alpha value is -1.34. The normalized spacial score (nSPS) is 20.7. The third-order valence-corrected chi connectivity index (χ3v) is 5.70. The summed E-state index contributed by atoms with van der Waals surface area (Å²) in [5.41, 5.74) is 1.19. The minimum atomic E-state index is -0.486. The van der Waals surface area contributed by atoms with Gasteiger partial charge in [-0.15, -0.1) is 0 Å². The van der Waals surface area contributed by atoms with E-state index in [0.29, 0.717) is 30.6 Å². The molecule has 2 N–H and O–H groups in total. The third-order valence-electron chi connectivity index (χ3n) is 5.70. The van der Waals surface area contributed by atoms with E-state index in [2.05, 4.69) is 15.9 Å². The highest BCUT2D eigenvalue weighted by Crippen LogP contribution is 2.29. The highest BCUT2D eigenvalue weighted by atomic mass is 16.5. The van der Waals surface area contributed by atoms with Crippen LogP contribution in [0.2, 0.25) is 0 Å². The third kappa shape index (κ3) is 6.07. The monoisotopic (exact) mass is 378 g/mol. The molecule has 6 nitrogen and oxygen atoms in total. The van der Waals surface area contributed by atoms with Gasteiger partial charge in [0.05, 0.1) is 7.11 Å². The van der Waals surface area contributed by atoms with Crippen LogP contribution in [0.5, 0.6) is 11.5 Å². The molecule has 2 saturated heterocycles. The van der Waals surface area contributed by atoms with E-state index in [1.54, 1.807) is 7.11 Å². The van der Waals surface area contributed by atoms with Gasteiger partial charge in [0.2, 0.25) is 0 Å². The molecule has 0 spiro atoms. The highest BCUT2D eigenvalue weighted by molar-refractivity contribution is 5.43. The number of β-amino-alcohol motifs (C(OH)–C–C–N with tert-alkyl or cyclic N) is 1. The molecule has 0 saturated carbocycles. The Kier molecular flexibility index (Phi) is 7.76. The number of ether oxygens (including phenoxy) is 2. The van der Waals surface area contributed by atoms with Crippen molar-refractivity contribution in [1.29, 1.82) is 0 Å². The lowest BCUT2D eigenvalue weighted by Gasteiger charge is -2.31. The smallest absolute Gasteiger partial charge is 0.161 e. The van der Waals surface area contributed by atoms with E-state index < -0.39 is 6.10 Å². The maximum absolute atomic E-state index is 10.2. The Bertz CT molecular complexity index is 569. The van der Waals surface area contributed by atoms with Gasteiger partial charge in [-0.25, -0.2) is 0 Å². The van der Waals surface area contributed by atoms with E-state index in [9.17, 15) is 10.2 Å². The quantitative estimate of drug-likeness (QED) is 0.682. The molecule has 152 valence electrons. The molecule has 1 atom stereocenters. The van der Waals surface area contributed by atoms with Gasteiger partial charge in [0.1, 0.15) is 12.7 Å². The van der Waals surface area contributed by atoms with Crippen LogP contribution in [0.25, 0.3) is 0 Å². The number of likely N-dealkylation sites (tertiary alicyclic amines) is 2. The van der Waals surface area contributed by atoms with Gasteiger partial charge in [0.25, 0.3) is 0 Å². The molecule has 27 heavy (non-hydrogen) atoms. The minimum absolute atomic E-state index is 0.279. The molecule has 0 amide bonds. The predicted molar refractivity (Wildman–Crippen MR) is 105 cm³/mol. The molecule has 1 unspecified atom stereocenters. The number of piperidine rings is 1. The van der Waals surface area contributed by atoms with Crippen LogP contribution < -0.4 is 9.47 Å². The summed E-state index contributed by atoms with van der Waals surface area (Å²) in [5, 5.41) is 19.5. The summed E-state index contributed by atoms with van der Waals surface area (Å²) in [6, 6.07) is 6.04. The SMILES string of the molecule is COc1cc(CN2CCC(CO)CC2)ccc1OCC(O)CN1CCCC1. The first-order valence-corrected chi connectivity index (χ1v) is 10.2. The van der Waals surface area contributed by atoms with Gasteiger partial charge in [0.15, 0.2) is 11.5 Å². The van der Waals surface area contributed by atoms with Gasteiger partial charge in [-0.1, -0.05) is 6.07 Å². The van der Waals surface area contributed by atoms with Crippen molar-refractivity contribution in [2.24, 2.45) is 5.92 Å².